The molecule has 2 N–H and O–H groups in total. The highest BCUT2D eigenvalue weighted by molar-refractivity contribution is 5.21. The molecular formula is C12H19N5O2. The maximum atomic E-state index is 5.46. The molecule has 0 saturated carbocycles. The summed E-state index contributed by atoms with van der Waals surface area (Å²) in [6.45, 7) is 7.39. The summed E-state index contributed by atoms with van der Waals surface area (Å²) in [4.78, 5) is 4.15. The van der Waals surface area contributed by atoms with Crippen molar-refractivity contribution in [2.75, 3.05) is 11.9 Å². The fourth-order valence-electron chi connectivity index (χ4n) is 1.57. The van der Waals surface area contributed by atoms with Crippen LogP contribution in [0.15, 0.2) is 15.0 Å². The Morgan fingerprint density at radius 1 is 1.32 bits per heavy atom. The Hall–Kier alpha value is -1.89. The lowest BCUT2D eigenvalue weighted by molar-refractivity contribution is 0.439. The lowest BCUT2D eigenvalue weighted by atomic mass is 10.3. The zero-order valence-electron chi connectivity index (χ0n) is 11.4. The molecule has 0 radical (unpaired) electrons. The smallest absolute Gasteiger partial charge is 0.316 e. The molecule has 1 unspecified atom stereocenters. The minimum atomic E-state index is -0.120. The summed E-state index contributed by atoms with van der Waals surface area (Å²) in [5, 5.41) is 14.1. The third-order valence-electron chi connectivity index (χ3n) is 2.52. The summed E-state index contributed by atoms with van der Waals surface area (Å²) in [7, 11) is 0. The van der Waals surface area contributed by atoms with Crippen LogP contribution in [0.2, 0.25) is 0 Å². The molecule has 0 aliphatic heterocycles. The van der Waals surface area contributed by atoms with Gasteiger partial charge in [-0.15, -0.1) is 5.10 Å². The Morgan fingerprint density at radius 3 is 2.84 bits per heavy atom. The highest BCUT2D eigenvalue weighted by Gasteiger charge is 2.14. The maximum absolute atomic E-state index is 5.46. The molecule has 0 bridgehead atoms. The Labute approximate surface area is 111 Å². The third kappa shape index (κ3) is 3.78. The van der Waals surface area contributed by atoms with Crippen molar-refractivity contribution >= 4 is 6.01 Å². The average Bonchev–Trinajstić information content (AvgIpc) is 2.99. The van der Waals surface area contributed by atoms with E-state index in [1.165, 1.54) is 0 Å². The van der Waals surface area contributed by atoms with E-state index in [9.17, 15) is 0 Å². The van der Waals surface area contributed by atoms with Crippen LogP contribution in [0, 0.1) is 6.92 Å². The molecule has 0 fully saturated rings. The van der Waals surface area contributed by atoms with Crippen LogP contribution in [0.5, 0.6) is 0 Å². The van der Waals surface area contributed by atoms with Gasteiger partial charge in [0, 0.05) is 0 Å². The highest BCUT2D eigenvalue weighted by atomic mass is 16.4. The van der Waals surface area contributed by atoms with Crippen LogP contribution in [-0.2, 0) is 6.54 Å². The molecule has 0 spiro atoms. The van der Waals surface area contributed by atoms with Crippen molar-refractivity contribution in [3.63, 3.8) is 0 Å². The van der Waals surface area contributed by atoms with Crippen molar-refractivity contribution in [3.05, 3.63) is 23.7 Å². The van der Waals surface area contributed by atoms with Gasteiger partial charge in [-0.2, -0.15) is 0 Å². The normalized spacial score (nSPS) is 12.6. The van der Waals surface area contributed by atoms with E-state index in [1.807, 2.05) is 13.8 Å². The lowest BCUT2D eigenvalue weighted by Gasteiger charge is -2.06. The predicted octanol–water partition coefficient (Wildman–Crippen LogP) is 2.04. The second-order valence-corrected chi connectivity index (χ2v) is 4.35. The van der Waals surface area contributed by atoms with E-state index in [1.54, 1.807) is 6.20 Å². The standard InChI is InChI=1S/C12H19N5O2/c1-4-5-13-7-10-16-17-12(19-10)15-9(3)11-14-6-8(2)18-11/h6,9,13H,4-5,7H2,1-3H3,(H,15,17). The van der Waals surface area contributed by atoms with Crippen molar-refractivity contribution in [1.82, 2.24) is 20.5 Å². The number of hydrogen-bond donors (Lipinski definition) is 2. The van der Waals surface area contributed by atoms with E-state index in [-0.39, 0.29) is 6.04 Å². The monoisotopic (exact) mass is 265 g/mol. The van der Waals surface area contributed by atoms with Crippen molar-refractivity contribution in [1.29, 1.82) is 0 Å². The fourth-order valence-corrected chi connectivity index (χ4v) is 1.57. The molecule has 0 aromatic carbocycles. The average molecular weight is 265 g/mol. The van der Waals surface area contributed by atoms with Crippen LogP contribution in [0.1, 0.15) is 43.9 Å². The molecule has 2 heterocycles. The number of aryl methyl sites for hydroxylation is 1. The van der Waals surface area contributed by atoms with E-state index in [0.717, 1.165) is 18.7 Å². The molecule has 2 aromatic rings. The van der Waals surface area contributed by atoms with Crippen LogP contribution < -0.4 is 10.6 Å². The first-order chi connectivity index (χ1) is 9.19. The van der Waals surface area contributed by atoms with Crippen LogP contribution in [0.25, 0.3) is 0 Å². The van der Waals surface area contributed by atoms with E-state index in [0.29, 0.717) is 24.3 Å². The van der Waals surface area contributed by atoms with Crippen molar-refractivity contribution < 1.29 is 8.83 Å². The van der Waals surface area contributed by atoms with Crippen LogP contribution in [0.3, 0.4) is 0 Å². The van der Waals surface area contributed by atoms with Gasteiger partial charge in [-0.25, -0.2) is 4.98 Å². The molecule has 19 heavy (non-hydrogen) atoms. The Bertz CT molecular complexity index is 508. The van der Waals surface area contributed by atoms with E-state index in [2.05, 4.69) is 32.7 Å². The number of rotatable bonds is 7. The van der Waals surface area contributed by atoms with Gasteiger partial charge < -0.3 is 19.5 Å². The minimum absolute atomic E-state index is 0.120. The molecule has 7 nitrogen and oxygen atoms in total. The van der Waals surface area contributed by atoms with Crippen molar-refractivity contribution in [2.24, 2.45) is 0 Å². The molecule has 7 heteroatoms. The number of nitrogens with one attached hydrogen (secondary N) is 2. The minimum Gasteiger partial charge on any atom is -0.444 e. The van der Waals surface area contributed by atoms with Crippen LogP contribution >= 0.6 is 0 Å². The molecule has 0 aliphatic rings. The van der Waals surface area contributed by atoms with Gasteiger partial charge in [0.1, 0.15) is 11.8 Å². The molecule has 0 saturated heterocycles. The summed E-state index contributed by atoms with van der Waals surface area (Å²) in [5.74, 6) is 1.94. The molecule has 1 atom stereocenters. The number of nitrogens with zero attached hydrogens (tertiary/aromatic N) is 3. The summed E-state index contributed by atoms with van der Waals surface area (Å²) < 4.78 is 10.9. The Morgan fingerprint density at radius 2 is 2.16 bits per heavy atom. The van der Waals surface area contributed by atoms with Crippen molar-refractivity contribution in [3.8, 4) is 0 Å². The SMILES string of the molecule is CCCNCc1nnc(NC(C)c2ncc(C)o2)o1. The molecular weight excluding hydrogens is 246 g/mol. The molecule has 0 aliphatic carbocycles. The largest absolute Gasteiger partial charge is 0.444 e. The van der Waals surface area contributed by atoms with Gasteiger partial charge in [0.25, 0.3) is 0 Å². The maximum Gasteiger partial charge on any atom is 0.316 e. The number of oxazole rings is 1. The Balaban J connectivity index is 1.88. The summed E-state index contributed by atoms with van der Waals surface area (Å²) in [5.41, 5.74) is 0. The zero-order valence-corrected chi connectivity index (χ0v) is 11.4. The summed E-state index contributed by atoms with van der Waals surface area (Å²) in [6.07, 6.45) is 2.75. The number of anilines is 1. The summed E-state index contributed by atoms with van der Waals surface area (Å²) >= 11 is 0. The first kappa shape index (κ1) is 13.5. The predicted molar refractivity (Wildman–Crippen MR) is 69.6 cm³/mol. The lowest BCUT2D eigenvalue weighted by Crippen LogP contribution is -2.13. The van der Waals surface area contributed by atoms with E-state index < -0.39 is 0 Å². The topological polar surface area (TPSA) is 89.0 Å². The summed E-state index contributed by atoms with van der Waals surface area (Å²) in [6, 6.07) is 0.252. The molecule has 2 rings (SSSR count). The molecule has 104 valence electrons. The van der Waals surface area contributed by atoms with Crippen LogP contribution in [-0.4, -0.2) is 21.7 Å². The zero-order chi connectivity index (χ0) is 13.7. The first-order valence-electron chi connectivity index (χ1n) is 6.41. The first-order valence-corrected chi connectivity index (χ1v) is 6.41. The van der Waals surface area contributed by atoms with Crippen molar-refractivity contribution in [2.45, 2.75) is 39.8 Å². The van der Waals surface area contributed by atoms with E-state index in [4.69, 9.17) is 8.83 Å². The van der Waals surface area contributed by atoms with Gasteiger partial charge in [-0.1, -0.05) is 12.0 Å². The van der Waals surface area contributed by atoms with E-state index >= 15 is 0 Å². The third-order valence-corrected chi connectivity index (χ3v) is 2.52. The van der Waals surface area contributed by atoms with Gasteiger partial charge in [0.2, 0.25) is 11.8 Å². The highest BCUT2D eigenvalue weighted by Crippen LogP contribution is 2.17. The fraction of sp³-hybridized carbons (Fsp3) is 0.583. The quantitative estimate of drug-likeness (QED) is 0.740. The van der Waals surface area contributed by atoms with Crippen LogP contribution in [0.4, 0.5) is 6.01 Å². The second-order valence-electron chi connectivity index (χ2n) is 4.35. The van der Waals surface area contributed by atoms with Gasteiger partial charge in [-0.3, -0.25) is 0 Å². The number of hydrogen-bond acceptors (Lipinski definition) is 7. The molecule has 0 amide bonds. The van der Waals surface area contributed by atoms with Gasteiger partial charge >= 0.3 is 6.01 Å². The van der Waals surface area contributed by atoms with Gasteiger partial charge in [0.05, 0.1) is 12.7 Å². The second kappa shape index (κ2) is 6.33. The number of aromatic nitrogens is 3. The van der Waals surface area contributed by atoms with Gasteiger partial charge in [-0.05, 0) is 26.8 Å². The van der Waals surface area contributed by atoms with Gasteiger partial charge in [0.15, 0.2) is 0 Å². The Kier molecular flexibility index (Phi) is 4.51. The molecule has 2 aromatic heterocycles.